The summed E-state index contributed by atoms with van der Waals surface area (Å²) in [6.45, 7) is 7.79. The number of rotatable bonds is 4. The van der Waals surface area contributed by atoms with E-state index in [0.717, 1.165) is 18.2 Å². The van der Waals surface area contributed by atoms with Crippen LogP contribution in [0, 0.1) is 11.3 Å². The van der Waals surface area contributed by atoms with Gasteiger partial charge in [0.25, 0.3) is 0 Å². The lowest BCUT2D eigenvalue weighted by Gasteiger charge is -2.04. The first kappa shape index (κ1) is 10.4. The van der Waals surface area contributed by atoms with E-state index < -0.39 is 0 Å². The molecule has 2 saturated carbocycles. The molecular formula is C14H21NO. The van der Waals surface area contributed by atoms with Crippen molar-refractivity contribution in [2.24, 2.45) is 11.3 Å². The second kappa shape index (κ2) is 3.36. The van der Waals surface area contributed by atoms with Crippen molar-refractivity contribution < 1.29 is 4.42 Å². The highest BCUT2D eigenvalue weighted by molar-refractivity contribution is 5.17. The fourth-order valence-corrected chi connectivity index (χ4v) is 2.45. The number of furan rings is 1. The van der Waals surface area contributed by atoms with E-state index in [-0.39, 0.29) is 0 Å². The van der Waals surface area contributed by atoms with E-state index in [2.05, 4.69) is 38.2 Å². The Labute approximate surface area is 97.4 Å². The molecule has 2 heteroatoms. The molecule has 1 heterocycles. The molecule has 0 saturated heterocycles. The van der Waals surface area contributed by atoms with E-state index in [1.165, 1.54) is 18.6 Å². The first-order chi connectivity index (χ1) is 7.56. The Hall–Kier alpha value is -0.760. The highest BCUT2D eigenvalue weighted by Gasteiger charge is 2.45. The molecule has 1 aromatic rings. The zero-order valence-corrected chi connectivity index (χ0v) is 10.4. The molecule has 3 rings (SSSR count). The highest BCUT2D eigenvalue weighted by Crippen LogP contribution is 2.47. The Morgan fingerprint density at radius 2 is 2.12 bits per heavy atom. The molecule has 2 fully saturated rings. The average Bonchev–Trinajstić information content (AvgIpc) is 3.01. The van der Waals surface area contributed by atoms with Gasteiger partial charge in [-0.3, -0.25) is 0 Å². The molecule has 0 bridgehead atoms. The second-order valence-corrected chi connectivity index (χ2v) is 6.25. The summed E-state index contributed by atoms with van der Waals surface area (Å²) in [5, 5.41) is 3.55. The Bertz CT molecular complexity index is 393. The zero-order chi connectivity index (χ0) is 11.3. The van der Waals surface area contributed by atoms with Gasteiger partial charge in [-0.25, -0.2) is 0 Å². The van der Waals surface area contributed by atoms with Crippen LogP contribution in [0.25, 0.3) is 0 Å². The normalized spacial score (nSPS) is 35.1. The van der Waals surface area contributed by atoms with E-state index in [4.69, 9.17) is 4.42 Å². The Morgan fingerprint density at radius 1 is 1.44 bits per heavy atom. The molecular weight excluding hydrogens is 198 g/mol. The van der Waals surface area contributed by atoms with Gasteiger partial charge in [0.2, 0.25) is 0 Å². The van der Waals surface area contributed by atoms with Gasteiger partial charge < -0.3 is 9.73 Å². The topological polar surface area (TPSA) is 25.2 Å². The molecule has 0 radical (unpaired) electrons. The van der Waals surface area contributed by atoms with E-state index >= 15 is 0 Å². The maximum absolute atomic E-state index is 5.86. The molecule has 0 aromatic carbocycles. The van der Waals surface area contributed by atoms with Crippen LogP contribution < -0.4 is 5.32 Å². The van der Waals surface area contributed by atoms with Gasteiger partial charge in [0, 0.05) is 12.0 Å². The van der Waals surface area contributed by atoms with Crippen molar-refractivity contribution in [3.8, 4) is 0 Å². The Kier molecular flexibility index (Phi) is 2.19. The molecule has 2 aliphatic rings. The predicted molar refractivity (Wildman–Crippen MR) is 64.3 cm³/mol. The summed E-state index contributed by atoms with van der Waals surface area (Å²) >= 11 is 0. The van der Waals surface area contributed by atoms with Gasteiger partial charge in [0.1, 0.15) is 11.5 Å². The standard InChI is InChI=1S/C14H21NO/c1-9-6-11(9)12-5-4-10(16-12)8-15-13-7-14(13,2)3/h4-5,9,11,13,15H,6-8H2,1-3H3. The molecule has 3 atom stereocenters. The van der Waals surface area contributed by atoms with Gasteiger partial charge in [-0.05, 0) is 36.3 Å². The second-order valence-electron chi connectivity index (χ2n) is 6.25. The van der Waals surface area contributed by atoms with Crippen LogP contribution in [-0.4, -0.2) is 6.04 Å². The largest absolute Gasteiger partial charge is 0.464 e. The molecule has 0 spiro atoms. The van der Waals surface area contributed by atoms with Crippen molar-refractivity contribution in [2.45, 2.75) is 52.1 Å². The van der Waals surface area contributed by atoms with Crippen LogP contribution >= 0.6 is 0 Å². The van der Waals surface area contributed by atoms with Crippen LogP contribution in [0.2, 0.25) is 0 Å². The van der Waals surface area contributed by atoms with E-state index in [1.807, 2.05) is 0 Å². The third-order valence-electron chi connectivity index (χ3n) is 4.19. The Balaban J connectivity index is 1.53. The molecule has 1 N–H and O–H groups in total. The molecule has 1 aromatic heterocycles. The summed E-state index contributed by atoms with van der Waals surface area (Å²) < 4.78 is 5.86. The summed E-state index contributed by atoms with van der Waals surface area (Å²) in [5.74, 6) is 3.82. The van der Waals surface area contributed by atoms with Crippen LogP contribution in [-0.2, 0) is 6.54 Å². The zero-order valence-electron chi connectivity index (χ0n) is 10.4. The summed E-state index contributed by atoms with van der Waals surface area (Å²) in [6, 6.07) is 4.97. The SMILES string of the molecule is CC1CC1c1ccc(CNC2CC2(C)C)o1. The number of nitrogens with one attached hydrogen (secondary N) is 1. The lowest BCUT2D eigenvalue weighted by atomic mass is 10.2. The van der Waals surface area contributed by atoms with Gasteiger partial charge in [0.05, 0.1) is 6.54 Å². The van der Waals surface area contributed by atoms with Crippen LogP contribution in [0.4, 0.5) is 0 Å². The Morgan fingerprint density at radius 3 is 2.69 bits per heavy atom. The average molecular weight is 219 g/mol. The summed E-state index contributed by atoms with van der Waals surface area (Å²) in [7, 11) is 0. The van der Waals surface area contributed by atoms with Crippen molar-refractivity contribution in [3.63, 3.8) is 0 Å². The summed E-state index contributed by atoms with van der Waals surface area (Å²) in [4.78, 5) is 0. The fourth-order valence-electron chi connectivity index (χ4n) is 2.45. The van der Waals surface area contributed by atoms with Crippen molar-refractivity contribution in [1.29, 1.82) is 0 Å². The van der Waals surface area contributed by atoms with Gasteiger partial charge in [-0.2, -0.15) is 0 Å². The highest BCUT2D eigenvalue weighted by atomic mass is 16.3. The van der Waals surface area contributed by atoms with Gasteiger partial charge in [-0.1, -0.05) is 20.8 Å². The molecule has 0 aliphatic heterocycles. The lowest BCUT2D eigenvalue weighted by Crippen LogP contribution is -2.19. The maximum Gasteiger partial charge on any atom is 0.117 e. The van der Waals surface area contributed by atoms with Crippen LogP contribution in [0.5, 0.6) is 0 Å². The third kappa shape index (κ3) is 1.91. The summed E-state index contributed by atoms with van der Waals surface area (Å²) in [6.07, 6.45) is 2.59. The molecule has 0 amide bonds. The van der Waals surface area contributed by atoms with Crippen molar-refractivity contribution in [1.82, 2.24) is 5.32 Å². The smallest absolute Gasteiger partial charge is 0.117 e. The monoisotopic (exact) mass is 219 g/mol. The predicted octanol–water partition coefficient (Wildman–Crippen LogP) is 3.29. The number of hydrogen-bond donors (Lipinski definition) is 1. The quantitative estimate of drug-likeness (QED) is 0.840. The first-order valence-corrected chi connectivity index (χ1v) is 6.38. The number of hydrogen-bond acceptors (Lipinski definition) is 2. The third-order valence-corrected chi connectivity index (χ3v) is 4.19. The van der Waals surface area contributed by atoms with Gasteiger partial charge in [0.15, 0.2) is 0 Å². The maximum atomic E-state index is 5.86. The molecule has 2 nitrogen and oxygen atoms in total. The molecule has 3 unspecified atom stereocenters. The van der Waals surface area contributed by atoms with Crippen LogP contribution in [0.15, 0.2) is 16.5 Å². The van der Waals surface area contributed by atoms with E-state index in [0.29, 0.717) is 17.4 Å². The molecule has 2 aliphatic carbocycles. The van der Waals surface area contributed by atoms with Crippen molar-refractivity contribution in [2.75, 3.05) is 0 Å². The molecule has 88 valence electrons. The van der Waals surface area contributed by atoms with E-state index in [9.17, 15) is 0 Å². The molecule has 16 heavy (non-hydrogen) atoms. The van der Waals surface area contributed by atoms with Crippen LogP contribution in [0.1, 0.15) is 51.1 Å². The van der Waals surface area contributed by atoms with Gasteiger partial charge in [-0.15, -0.1) is 0 Å². The minimum atomic E-state index is 0.500. The minimum absolute atomic E-state index is 0.500. The fraction of sp³-hybridized carbons (Fsp3) is 0.714. The van der Waals surface area contributed by atoms with Crippen molar-refractivity contribution >= 4 is 0 Å². The van der Waals surface area contributed by atoms with E-state index in [1.54, 1.807) is 0 Å². The first-order valence-electron chi connectivity index (χ1n) is 6.38. The lowest BCUT2D eigenvalue weighted by molar-refractivity contribution is 0.433. The minimum Gasteiger partial charge on any atom is -0.464 e. The summed E-state index contributed by atoms with van der Waals surface area (Å²) in [5.41, 5.74) is 0.500. The van der Waals surface area contributed by atoms with Crippen LogP contribution in [0.3, 0.4) is 0 Å². The van der Waals surface area contributed by atoms with Gasteiger partial charge >= 0.3 is 0 Å². The van der Waals surface area contributed by atoms with Crippen molar-refractivity contribution in [3.05, 3.63) is 23.7 Å².